The molecule has 0 saturated carbocycles. The summed E-state index contributed by atoms with van der Waals surface area (Å²) in [6.07, 6.45) is 1.07. The first-order valence-electron chi connectivity index (χ1n) is 9.86. The molecule has 2 amide bonds. The van der Waals surface area contributed by atoms with Crippen LogP contribution in [-0.2, 0) is 11.2 Å². The fourth-order valence-corrected chi connectivity index (χ4v) is 4.72. The molecular formula is C21H23N5O3S. The van der Waals surface area contributed by atoms with E-state index >= 15 is 0 Å². The minimum Gasteiger partial charge on any atom is -0.356 e. The Balaban J connectivity index is 1.59. The average Bonchev–Trinajstić information content (AvgIpc) is 3.49. The molecular weight excluding hydrogens is 402 g/mol. The summed E-state index contributed by atoms with van der Waals surface area (Å²) in [7, 11) is 0. The molecule has 30 heavy (non-hydrogen) atoms. The van der Waals surface area contributed by atoms with Gasteiger partial charge in [0.05, 0.1) is 5.41 Å². The van der Waals surface area contributed by atoms with Gasteiger partial charge in [0, 0.05) is 24.5 Å². The molecule has 3 aromatic rings. The summed E-state index contributed by atoms with van der Waals surface area (Å²) in [5.74, 6) is -0.476. The maximum absolute atomic E-state index is 13.1. The van der Waals surface area contributed by atoms with Crippen LogP contribution in [0.5, 0.6) is 0 Å². The van der Waals surface area contributed by atoms with Crippen molar-refractivity contribution in [2.45, 2.75) is 19.8 Å². The lowest BCUT2D eigenvalue weighted by molar-refractivity contribution is -0.130. The normalized spacial score (nSPS) is 18.5. The summed E-state index contributed by atoms with van der Waals surface area (Å²) >= 11 is 1.67. The van der Waals surface area contributed by atoms with E-state index in [9.17, 15) is 14.4 Å². The van der Waals surface area contributed by atoms with E-state index in [2.05, 4.69) is 38.7 Å². The Labute approximate surface area is 177 Å². The van der Waals surface area contributed by atoms with Gasteiger partial charge >= 0.3 is 5.69 Å². The lowest BCUT2D eigenvalue weighted by atomic mass is 9.79. The van der Waals surface area contributed by atoms with Crippen molar-refractivity contribution in [1.82, 2.24) is 25.4 Å². The number of amides is 2. The highest BCUT2D eigenvalue weighted by Crippen LogP contribution is 2.36. The van der Waals surface area contributed by atoms with E-state index in [-0.39, 0.29) is 24.2 Å². The Morgan fingerprint density at radius 1 is 1.30 bits per heavy atom. The van der Waals surface area contributed by atoms with E-state index in [4.69, 9.17) is 0 Å². The zero-order chi connectivity index (χ0) is 21.1. The number of nitrogens with zero attached hydrogens (tertiary/aromatic N) is 2. The van der Waals surface area contributed by atoms with Gasteiger partial charge in [-0.2, -0.15) is 0 Å². The first-order chi connectivity index (χ1) is 14.5. The average molecular weight is 426 g/mol. The summed E-state index contributed by atoms with van der Waals surface area (Å²) in [6.45, 7) is 3.11. The molecule has 0 spiro atoms. The third-order valence-corrected chi connectivity index (χ3v) is 6.36. The second-order valence-corrected chi connectivity index (χ2v) is 8.44. The summed E-state index contributed by atoms with van der Waals surface area (Å²) in [6, 6.07) is 12.3. The van der Waals surface area contributed by atoms with Crippen LogP contribution >= 0.6 is 11.3 Å². The molecule has 1 aliphatic rings. The van der Waals surface area contributed by atoms with Gasteiger partial charge in [0.2, 0.25) is 11.7 Å². The highest BCUT2D eigenvalue weighted by Gasteiger charge is 2.46. The lowest BCUT2D eigenvalue weighted by Gasteiger charge is -2.28. The van der Waals surface area contributed by atoms with Crippen molar-refractivity contribution in [3.05, 3.63) is 63.7 Å². The Morgan fingerprint density at radius 2 is 2.17 bits per heavy atom. The topological polar surface area (TPSA) is 111 Å². The molecule has 0 radical (unpaired) electrons. The van der Waals surface area contributed by atoms with Crippen molar-refractivity contribution >= 4 is 23.2 Å². The van der Waals surface area contributed by atoms with Gasteiger partial charge in [0.1, 0.15) is 0 Å². The molecule has 156 valence electrons. The molecule has 1 fully saturated rings. The minimum atomic E-state index is -0.726. The first kappa shape index (κ1) is 20.1. The smallest absolute Gasteiger partial charge is 0.341 e. The molecule has 3 heterocycles. The number of hydrogen-bond acceptors (Lipinski definition) is 5. The van der Waals surface area contributed by atoms with Gasteiger partial charge < -0.3 is 10.2 Å². The van der Waals surface area contributed by atoms with Crippen molar-refractivity contribution in [2.75, 3.05) is 19.6 Å². The van der Waals surface area contributed by atoms with Gasteiger partial charge in [-0.25, -0.2) is 9.89 Å². The second kappa shape index (κ2) is 8.27. The maximum Gasteiger partial charge on any atom is 0.341 e. The van der Waals surface area contributed by atoms with Crippen LogP contribution in [0.1, 0.15) is 29.5 Å². The van der Waals surface area contributed by atoms with E-state index < -0.39 is 11.1 Å². The number of likely N-dealkylation sites (tertiary alicyclic amines) is 1. The minimum absolute atomic E-state index is 0.0357. The predicted octanol–water partition coefficient (Wildman–Crippen LogP) is 2.04. The molecule has 2 aromatic heterocycles. The Hall–Kier alpha value is -3.20. The largest absolute Gasteiger partial charge is 0.356 e. The SMILES string of the molecule is CCNC(=O)C1(Cc2cccc(-c3cccs3)c2)CCN(C(=O)c2n[nH]c(=O)[nH]2)C1. The van der Waals surface area contributed by atoms with Crippen LogP contribution in [0.2, 0.25) is 0 Å². The van der Waals surface area contributed by atoms with Gasteiger partial charge in [-0.05, 0) is 42.3 Å². The van der Waals surface area contributed by atoms with Gasteiger partial charge in [-0.1, -0.05) is 30.3 Å². The van der Waals surface area contributed by atoms with Crippen LogP contribution in [-0.4, -0.2) is 51.5 Å². The molecule has 1 unspecified atom stereocenters. The molecule has 1 aliphatic heterocycles. The number of carbonyl (C=O) groups is 2. The van der Waals surface area contributed by atoms with Crippen molar-refractivity contribution in [3.8, 4) is 10.4 Å². The van der Waals surface area contributed by atoms with E-state index in [1.54, 1.807) is 16.2 Å². The summed E-state index contributed by atoms with van der Waals surface area (Å²) < 4.78 is 0. The first-order valence-corrected chi connectivity index (χ1v) is 10.7. The summed E-state index contributed by atoms with van der Waals surface area (Å²) in [5, 5.41) is 10.9. The quantitative estimate of drug-likeness (QED) is 0.561. The van der Waals surface area contributed by atoms with Crippen LogP contribution in [0, 0.1) is 5.41 Å². The Bertz CT molecular complexity index is 1100. The monoisotopic (exact) mass is 425 g/mol. The fraction of sp³-hybridized carbons (Fsp3) is 0.333. The standard InChI is InChI=1S/C21H23N5O3S/c1-2-22-19(28)21(8-9-26(13-21)18(27)17-23-20(29)25-24-17)12-14-5-3-6-15(11-14)16-7-4-10-30-16/h3-7,10-11H,2,8-9,12-13H2,1H3,(H,22,28)(H2,23,24,25,29). The third kappa shape index (κ3) is 3.93. The van der Waals surface area contributed by atoms with Crippen molar-refractivity contribution in [2.24, 2.45) is 5.41 Å². The number of H-pyrrole nitrogens is 2. The van der Waals surface area contributed by atoms with Crippen LogP contribution in [0.15, 0.2) is 46.6 Å². The fourth-order valence-electron chi connectivity index (χ4n) is 3.99. The van der Waals surface area contributed by atoms with E-state index in [0.29, 0.717) is 25.9 Å². The number of carbonyl (C=O) groups excluding carboxylic acids is 2. The van der Waals surface area contributed by atoms with E-state index in [0.717, 1.165) is 11.1 Å². The van der Waals surface area contributed by atoms with Crippen LogP contribution in [0.4, 0.5) is 0 Å². The van der Waals surface area contributed by atoms with Crippen LogP contribution < -0.4 is 11.0 Å². The predicted molar refractivity (Wildman–Crippen MR) is 114 cm³/mol. The Kier molecular flexibility index (Phi) is 5.54. The Morgan fingerprint density at radius 3 is 2.87 bits per heavy atom. The number of hydrogen-bond donors (Lipinski definition) is 3. The van der Waals surface area contributed by atoms with Gasteiger partial charge in [0.15, 0.2) is 0 Å². The van der Waals surface area contributed by atoms with Gasteiger partial charge in [-0.3, -0.25) is 14.6 Å². The van der Waals surface area contributed by atoms with Gasteiger partial charge in [-0.15, -0.1) is 16.4 Å². The summed E-state index contributed by atoms with van der Waals surface area (Å²) in [4.78, 5) is 42.3. The van der Waals surface area contributed by atoms with Crippen molar-refractivity contribution in [3.63, 3.8) is 0 Å². The molecule has 1 atom stereocenters. The zero-order valence-corrected chi connectivity index (χ0v) is 17.4. The van der Waals surface area contributed by atoms with E-state index in [1.165, 1.54) is 4.88 Å². The second-order valence-electron chi connectivity index (χ2n) is 7.50. The zero-order valence-electron chi connectivity index (χ0n) is 16.6. The summed E-state index contributed by atoms with van der Waals surface area (Å²) in [5.41, 5.74) is 0.914. The van der Waals surface area contributed by atoms with Gasteiger partial charge in [0.25, 0.3) is 5.91 Å². The maximum atomic E-state index is 13.1. The van der Waals surface area contributed by atoms with Crippen molar-refractivity contribution < 1.29 is 9.59 Å². The molecule has 0 bridgehead atoms. The number of benzene rings is 1. The number of nitrogens with one attached hydrogen (secondary N) is 3. The van der Waals surface area contributed by atoms with E-state index in [1.807, 2.05) is 30.5 Å². The molecule has 1 saturated heterocycles. The van der Waals surface area contributed by atoms with Crippen molar-refractivity contribution in [1.29, 1.82) is 0 Å². The molecule has 9 heteroatoms. The molecule has 8 nitrogen and oxygen atoms in total. The molecule has 1 aromatic carbocycles. The highest BCUT2D eigenvalue weighted by molar-refractivity contribution is 7.13. The highest BCUT2D eigenvalue weighted by atomic mass is 32.1. The molecule has 0 aliphatic carbocycles. The number of rotatable bonds is 6. The third-order valence-electron chi connectivity index (χ3n) is 5.44. The molecule has 4 rings (SSSR count). The number of aromatic amines is 2. The number of aromatic nitrogens is 3. The van der Waals surface area contributed by atoms with Crippen LogP contribution in [0.3, 0.4) is 0 Å². The van der Waals surface area contributed by atoms with Crippen LogP contribution in [0.25, 0.3) is 10.4 Å². The lowest BCUT2D eigenvalue weighted by Crippen LogP contribution is -2.45. The molecule has 3 N–H and O–H groups in total. The number of thiophene rings is 1.